The van der Waals surface area contributed by atoms with Crippen LogP contribution in [0.1, 0.15) is 47.0 Å². The predicted octanol–water partition coefficient (Wildman–Crippen LogP) is 1.68. The molecule has 84 valence electrons. The van der Waals surface area contributed by atoms with Crippen LogP contribution in [-0.4, -0.2) is 24.5 Å². The smallest absolute Gasteiger partial charge is 0.234 e. The summed E-state index contributed by atoms with van der Waals surface area (Å²) in [6, 6.07) is 0. The lowest BCUT2D eigenvalue weighted by molar-refractivity contribution is -0.121. The van der Waals surface area contributed by atoms with Gasteiger partial charge in [-0.2, -0.15) is 0 Å². The Labute approximate surface area is 87.6 Å². The highest BCUT2D eigenvalue weighted by Crippen LogP contribution is 2.09. The van der Waals surface area contributed by atoms with Gasteiger partial charge in [0.15, 0.2) is 0 Å². The molecule has 0 aliphatic heterocycles. The van der Waals surface area contributed by atoms with Crippen molar-refractivity contribution in [3.05, 3.63) is 0 Å². The summed E-state index contributed by atoms with van der Waals surface area (Å²) < 4.78 is 0. The van der Waals surface area contributed by atoms with E-state index in [1.54, 1.807) is 0 Å². The molecule has 0 saturated carbocycles. The third-order valence-corrected chi connectivity index (χ3v) is 2.07. The van der Waals surface area contributed by atoms with Crippen LogP contribution >= 0.6 is 0 Å². The van der Waals surface area contributed by atoms with Crippen molar-refractivity contribution in [1.29, 1.82) is 0 Å². The Morgan fingerprint density at radius 2 is 1.86 bits per heavy atom. The molecular weight excluding hydrogens is 176 g/mol. The van der Waals surface area contributed by atoms with Gasteiger partial charge in [0.05, 0.1) is 6.54 Å². The van der Waals surface area contributed by atoms with Crippen molar-refractivity contribution >= 4 is 5.91 Å². The molecule has 0 bridgehead atoms. The van der Waals surface area contributed by atoms with E-state index in [9.17, 15) is 4.79 Å². The predicted molar refractivity (Wildman–Crippen MR) is 60.3 cm³/mol. The largest absolute Gasteiger partial charge is 0.350 e. The fraction of sp³-hybridized carbons (Fsp3) is 0.909. The Hall–Kier alpha value is -0.570. The van der Waals surface area contributed by atoms with Crippen molar-refractivity contribution in [1.82, 2.24) is 10.6 Å². The molecule has 0 fully saturated rings. The van der Waals surface area contributed by atoms with Gasteiger partial charge in [-0.3, -0.25) is 4.79 Å². The van der Waals surface area contributed by atoms with Crippen LogP contribution in [0.3, 0.4) is 0 Å². The van der Waals surface area contributed by atoms with Crippen LogP contribution in [0.2, 0.25) is 0 Å². The molecule has 0 aromatic rings. The van der Waals surface area contributed by atoms with Crippen LogP contribution in [0.25, 0.3) is 0 Å². The summed E-state index contributed by atoms with van der Waals surface area (Å²) in [4.78, 5) is 11.4. The number of hydrogen-bond acceptors (Lipinski definition) is 2. The van der Waals surface area contributed by atoms with Crippen molar-refractivity contribution in [2.45, 2.75) is 52.5 Å². The van der Waals surface area contributed by atoms with Crippen molar-refractivity contribution in [2.24, 2.45) is 0 Å². The highest BCUT2D eigenvalue weighted by atomic mass is 16.2. The Morgan fingerprint density at radius 3 is 2.36 bits per heavy atom. The molecule has 0 radical (unpaired) electrons. The molecule has 3 nitrogen and oxygen atoms in total. The SMILES string of the molecule is CCCNCC(=O)NC(C)(C)CCC. The average molecular weight is 200 g/mol. The second kappa shape index (κ2) is 6.82. The fourth-order valence-electron chi connectivity index (χ4n) is 1.49. The van der Waals surface area contributed by atoms with Gasteiger partial charge < -0.3 is 10.6 Å². The summed E-state index contributed by atoms with van der Waals surface area (Å²) in [6.45, 7) is 9.68. The molecule has 0 heterocycles. The molecule has 0 saturated heterocycles. The molecule has 0 aliphatic rings. The van der Waals surface area contributed by atoms with Gasteiger partial charge in [-0.1, -0.05) is 20.3 Å². The molecule has 0 atom stereocenters. The first kappa shape index (κ1) is 13.4. The maximum atomic E-state index is 11.4. The van der Waals surface area contributed by atoms with E-state index in [1.807, 2.05) is 0 Å². The van der Waals surface area contributed by atoms with E-state index in [1.165, 1.54) is 0 Å². The van der Waals surface area contributed by atoms with Gasteiger partial charge in [0.25, 0.3) is 0 Å². The monoisotopic (exact) mass is 200 g/mol. The van der Waals surface area contributed by atoms with Crippen molar-refractivity contribution < 1.29 is 4.79 Å². The number of carbonyl (C=O) groups is 1. The molecule has 3 heteroatoms. The zero-order chi connectivity index (χ0) is 11.0. The molecule has 0 aromatic heterocycles. The lowest BCUT2D eigenvalue weighted by Gasteiger charge is -2.25. The number of rotatable bonds is 7. The van der Waals surface area contributed by atoms with Gasteiger partial charge in [-0.25, -0.2) is 0 Å². The summed E-state index contributed by atoms with van der Waals surface area (Å²) in [5.41, 5.74) is -0.0697. The molecule has 2 N–H and O–H groups in total. The molecule has 0 aliphatic carbocycles. The summed E-state index contributed by atoms with van der Waals surface area (Å²) >= 11 is 0. The number of amides is 1. The van der Waals surface area contributed by atoms with E-state index in [2.05, 4.69) is 38.3 Å². The highest BCUT2D eigenvalue weighted by molar-refractivity contribution is 5.78. The number of hydrogen-bond donors (Lipinski definition) is 2. The zero-order valence-electron chi connectivity index (χ0n) is 9.94. The summed E-state index contributed by atoms with van der Waals surface area (Å²) in [6.07, 6.45) is 3.17. The van der Waals surface area contributed by atoms with Gasteiger partial charge in [0, 0.05) is 5.54 Å². The molecular formula is C11H24N2O. The molecule has 0 unspecified atom stereocenters. The average Bonchev–Trinajstić information content (AvgIpc) is 2.03. The fourth-order valence-corrected chi connectivity index (χ4v) is 1.49. The minimum absolute atomic E-state index is 0.0697. The van der Waals surface area contributed by atoms with E-state index in [4.69, 9.17) is 0 Å². The first-order valence-corrected chi connectivity index (χ1v) is 5.53. The Balaban J connectivity index is 3.69. The van der Waals surface area contributed by atoms with Crippen LogP contribution in [-0.2, 0) is 4.79 Å². The molecule has 0 rings (SSSR count). The third kappa shape index (κ3) is 6.89. The molecule has 1 amide bonds. The first-order valence-electron chi connectivity index (χ1n) is 5.53. The van der Waals surface area contributed by atoms with Gasteiger partial charge in [0.1, 0.15) is 0 Å². The van der Waals surface area contributed by atoms with E-state index in [0.717, 1.165) is 25.8 Å². The second-order valence-corrected chi connectivity index (χ2v) is 4.36. The summed E-state index contributed by atoms with van der Waals surface area (Å²) in [5.74, 6) is 0.0944. The van der Waals surface area contributed by atoms with Crippen LogP contribution in [0.15, 0.2) is 0 Å². The normalized spacial score (nSPS) is 11.4. The number of nitrogens with one attached hydrogen (secondary N) is 2. The topological polar surface area (TPSA) is 41.1 Å². The lowest BCUT2D eigenvalue weighted by atomic mass is 9.99. The molecule has 0 spiro atoms. The lowest BCUT2D eigenvalue weighted by Crippen LogP contribution is -2.46. The van der Waals surface area contributed by atoms with Gasteiger partial charge in [-0.05, 0) is 33.2 Å². The van der Waals surface area contributed by atoms with E-state index >= 15 is 0 Å². The quantitative estimate of drug-likeness (QED) is 0.614. The van der Waals surface area contributed by atoms with Crippen molar-refractivity contribution in [3.8, 4) is 0 Å². The van der Waals surface area contributed by atoms with E-state index < -0.39 is 0 Å². The Kier molecular flexibility index (Phi) is 6.54. The maximum absolute atomic E-state index is 11.4. The van der Waals surface area contributed by atoms with Crippen LogP contribution in [0, 0.1) is 0 Å². The first-order chi connectivity index (χ1) is 6.52. The van der Waals surface area contributed by atoms with Gasteiger partial charge >= 0.3 is 0 Å². The van der Waals surface area contributed by atoms with Gasteiger partial charge in [-0.15, -0.1) is 0 Å². The Morgan fingerprint density at radius 1 is 1.21 bits per heavy atom. The Bertz CT molecular complexity index is 167. The van der Waals surface area contributed by atoms with Crippen LogP contribution in [0.5, 0.6) is 0 Å². The standard InChI is InChI=1S/C11H24N2O/c1-5-7-11(3,4)13-10(14)9-12-8-6-2/h12H,5-9H2,1-4H3,(H,13,14). The van der Waals surface area contributed by atoms with Crippen molar-refractivity contribution in [2.75, 3.05) is 13.1 Å². The third-order valence-electron chi connectivity index (χ3n) is 2.07. The summed E-state index contributed by atoms with van der Waals surface area (Å²) in [7, 11) is 0. The highest BCUT2D eigenvalue weighted by Gasteiger charge is 2.18. The van der Waals surface area contributed by atoms with E-state index in [0.29, 0.717) is 6.54 Å². The van der Waals surface area contributed by atoms with Crippen LogP contribution < -0.4 is 10.6 Å². The van der Waals surface area contributed by atoms with E-state index in [-0.39, 0.29) is 11.4 Å². The molecule has 0 aromatic carbocycles. The van der Waals surface area contributed by atoms with Crippen LogP contribution in [0.4, 0.5) is 0 Å². The molecule has 14 heavy (non-hydrogen) atoms. The number of carbonyl (C=O) groups excluding carboxylic acids is 1. The zero-order valence-corrected chi connectivity index (χ0v) is 9.94. The van der Waals surface area contributed by atoms with Crippen molar-refractivity contribution in [3.63, 3.8) is 0 Å². The second-order valence-electron chi connectivity index (χ2n) is 4.36. The minimum Gasteiger partial charge on any atom is -0.350 e. The summed E-state index contributed by atoms with van der Waals surface area (Å²) in [5, 5.41) is 6.10. The minimum atomic E-state index is -0.0697. The van der Waals surface area contributed by atoms with Gasteiger partial charge in [0.2, 0.25) is 5.91 Å². The maximum Gasteiger partial charge on any atom is 0.234 e.